The summed E-state index contributed by atoms with van der Waals surface area (Å²) in [5.41, 5.74) is 1.73. The van der Waals surface area contributed by atoms with Crippen molar-refractivity contribution in [3.05, 3.63) is 70.0 Å². The summed E-state index contributed by atoms with van der Waals surface area (Å²) in [7, 11) is 2.87. The van der Waals surface area contributed by atoms with Crippen LogP contribution >= 0.6 is 23.2 Å². The van der Waals surface area contributed by atoms with E-state index in [9.17, 15) is 4.79 Å². The summed E-state index contributed by atoms with van der Waals surface area (Å²) >= 11 is 12.5. The molecule has 0 fully saturated rings. The first kappa shape index (κ1) is 19.9. The lowest BCUT2D eigenvalue weighted by atomic mass is 10.1. The molecule has 0 spiro atoms. The van der Waals surface area contributed by atoms with Crippen LogP contribution in [0.3, 0.4) is 0 Å². The zero-order chi connectivity index (χ0) is 20.1. The van der Waals surface area contributed by atoms with Crippen LogP contribution in [0.25, 0.3) is 11.3 Å². The smallest absolute Gasteiger partial charge is 0.358 e. The second-order valence-corrected chi connectivity index (χ2v) is 6.42. The number of carbonyl (C=O) groups is 1. The summed E-state index contributed by atoms with van der Waals surface area (Å²) in [4.78, 5) is 20.4. The molecule has 3 rings (SSSR count). The SMILES string of the molecule is COC(=O)c1cnc(OCc2ccc(OC)cc2)c(-c2cccc(Cl)c2Cl)n1. The third kappa shape index (κ3) is 4.35. The van der Waals surface area contributed by atoms with Gasteiger partial charge in [0.15, 0.2) is 5.69 Å². The number of carbonyl (C=O) groups excluding carboxylic acids is 1. The molecule has 1 aromatic heterocycles. The van der Waals surface area contributed by atoms with E-state index in [0.717, 1.165) is 11.3 Å². The van der Waals surface area contributed by atoms with Crippen LogP contribution in [0.15, 0.2) is 48.7 Å². The molecule has 0 N–H and O–H groups in total. The Hall–Kier alpha value is -2.83. The molecule has 0 amide bonds. The van der Waals surface area contributed by atoms with E-state index in [1.807, 2.05) is 24.3 Å². The van der Waals surface area contributed by atoms with E-state index in [0.29, 0.717) is 16.3 Å². The Balaban J connectivity index is 1.97. The Morgan fingerprint density at radius 3 is 2.50 bits per heavy atom. The Bertz CT molecular complexity index is 994. The largest absolute Gasteiger partial charge is 0.497 e. The highest BCUT2D eigenvalue weighted by Gasteiger charge is 2.19. The van der Waals surface area contributed by atoms with Crippen LogP contribution in [0.5, 0.6) is 11.6 Å². The summed E-state index contributed by atoms with van der Waals surface area (Å²) in [5, 5.41) is 0.639. The number of nitrogens with zero attached hydrogens (tertiary/aromatic N) is 2. The molecule has 0 unspecified atom stereocenters. The quantitative estimate of drug-likeness (QED) is 0.534. The monoisotopic (exact) mass is 418 g/mol. The second kappa shape index (κ2) is 8.91. The standard InChI is InChI=1S/C20H16Cl2N2O4/c1-26-13-8-6-12(7-9-13)11-28-19-18(14-4-3-5-15(21)17(14)22)24-16(10-23-19)20(25)27-2/h3-10H,11H2,1-2H3. The maximum Gasteiger partial charge on any atom is 0.358 e. The van der Waals surface area contributed by atoms with Crippen LogP contribution in [0, 0.1) is 0 Å². The molecule has 0 aliphatic heterocycles. The van der Waals surface area contributed by atoms with Crippen molar-refractivity contribution in [2.45, 2.75) is 6.61 Å². The van der Waals surface area contributed by atoms with E-state index in [4.69, 9.17) is 37.4 Å². The van der Waals surface area contributed by atoms with Crippen LogP contribution in [0.4, 0.5) is 0 Å². The van der Waals surface area contributed by atoms with Crippen molar-refractivity contribution < 1.29 is 19.0 Å². The average molecular weight is 419 g/mol. The van der Waals surface area contributed by atoms with Crippen molar-refractivity contribution in [1.82, 2.24) is 9.97 Å². The van der Waals surface area contributed by atoms with E-state index in [2.05, 4.69) is 9.97 Å². The normalized spacial score (nSPS) is 10.4. The fourth-order valence-electron chi connectivity index (χ4n) is 2.42. The van der Waals surface area contributed by atoms with Gasteiger partial charge in [-0.2, -0.15) is 0 Å². The lowest BCUT2D eigenvalue weighted by Crippen LogP contribution is -2.08. The number of halogens is 2. The Morgan fingerprint density at radius 1 is 1.07 bits per heavy atom. The number of benzene rings is 2. The molecule has 0 aliphatic rings. The highest BCUT2D eigenvalue weighted by atomic mass is 35.5. The third-order valence-corrected chi connectivity index (χ3v) is 4.69. The molecule has 0 bridgehead atoms. The highest BCUT2D eigenvalue weighted by molar-refractivity contribution is 6.43. The molecule has 1 heterocycles. The summed E-state index contributed by atoms with van der Waals surface area (Å²) in [6.45, 7) is 0.238. The van der Waals surface area contributed by atoms with E-state index >= 15 is 0 Å². The number of rotatable bonds is 6. The maximum absolute atomic E-state index is 11.9. The zero-order valence-electron chi connectivity index (χ0n) is 15.1. The van der Waals surface area contributed by atoms with Gasteiger partial charge < -0.3 is 14.2 Å². The number of hydrogen-bond donors (Lipinski definition) is 0. The van der Waals surface area contributed by atoms with Gasteiger partial charge in [0, 0.05) is 5.56 Å². The third-order valence-electron chi connectivity index (χ3n) is 3.87. The minimum absolute atomic E-state index is 0.0327. The van der Waals surface area contributed by atoms with Crippen molar-refractivity contribution in [2.75, 3.05) is 14.2 Å². The number of ether oxygens (including phenoxy) is 3. The van der Waals surface area contributed by atoms with Crippen molar-refractivity contribution in [3.63, 3.8) is 0 Å². The van der Waals surface area contributed by atoms with E-state index in [1.54, 1.807) is 25.3 Å². The van der Waals surface area contributed by atoms with Crippen molar-refractivity contribution in [1.29, 1.82) is 0 Å². The van der Waals surface area contributed by atoms with Gasteiger partial charge in [-0.05, 0) is 23.8 Å². The topological polar surface area (TPSA) is 70.5 Å². The minimum atomic E-state index is -0.617. The summed E-state index contributed by atoms with van der Waals surface area (Å²) in [6, 6.07) is 12.5. The van der Waals surface area contributed by atoms with Crippen LogP contribution in [-0.4, -0.2) is 30.2 Å². The molecule has 6 nitrogen and oxygen atoms in total. The van der Waals surface area contributed by atoms with Gasteiger partial charge in [-0.25, -0.2) is 14.8 Å². The molecule has 0 radical (unpaired) electrons. The predicted octanol–water partition coefficient (Wildman–Crippen LogP) is 4.82. The first-order chi connectivity index (χ1) is 13.5. The molecule has 8 heteroatoms. The molecule has 0 saturated carbocycles. The fraction of sp³-hybridized carbons (Fsp3) is 0.150. The van der Waals surface area contributed by atoms with Crippen LogP contribution in [0.2, 0.25) is 10.0 Å². The number of methoxy groups -OCH3 is 2. The fourth-order valence-corrected chi connectivity index (χ4v) is 2.81. The first-order valence-corrected chi connectivity index (χ1v) is 8.94. The summed E-state index contributed by atoms with van der Waals surface area (Å²) in [5.74, 6) is 0.346. The van der Waals surface area contributed by atoms with Crippen LogP contribution in [-0.2, 0) is 11.3 Å². The predicted molar refractivity (Wildman–Crippen MR) is 106 cm³/mol. The van der Waals surface area contributed by atoms with Crippen LogP contribution < -0.4 is 9.47 Å². The van der Waals surface area contributed by atoms with E-state index in [-0.39, 0.29) is 23.2 Å². The molecular weight excluding hydrogens is 403 g/mol. The number of esters is 1. The van der Waals surface area contributed by atoms with E-state index < -0.39 is 5.97 Å². The summed E-state index contributed by atoms with van der Waals surface area (Å²) < 4.78 is 15.7. The van der Waals surface area contributed by atoms with Gasteiger partial charge >= 0.3 is 5.97 Å². The Kier molecular flexibility index (Phi) is 6.34. The van der Waals surface area contributed by atoms with Gasteiger partial charge in [-0.3, -0.25) is 0 Å². The van der Waals surface area contributed by atoms with Crippen molar-refractivity contribution >= 4 is 29.2 Å². The molecule has 0 atom stereocenters. The van der Waals surface area contributed by atoms with Gasteiger partial charge in [-0.15, -0.1) is 0 Å². The average Bonchev–Trinajstić information content (AvgIpc) is 2.74. The van der Waals surface area contributed by atoms with Crippen LogP contribution in [0.1, 0.15) is 16.1 Å². The van der Waals surface area contributed by atoms with Gasteiger partial charge in [0.05, 0.1) is 30.5 Å². The van der Waals surface area contributed by atoms with Gasteiger partial charge in [-0.1, -0.05) is 47.5 Å². The minimum Gasteiger partial charge on any atom is -0.497 e. The zero-order valence-corrected chi connectivity index (χ0v) is 16.6. The molecule has 0 saturated heterocycles. The first-order valence-electron chi connectivity index (χ1n) is 8.19. The van der Waals surface area contributed by atoms with Gasteiger partial charge in [0.1, 0.15) is 18.1 Å². The molecule has 0 aliphatic carbocycles. The molecular formula is C20H16Cl2N2O4. The second-order valence-electron chi connectivity index (χ2n) is 5.64. The Morgan fingerprint density at radius 2 is 1.82 bits per heavy atom. The number of aromatic nitrogens is 2. The molecule has 144 valence electrons. The number of hydrogen-bond acceptors (Lipinski definition) is 6. The molecule has 2 aromatic carbocycles. The van der Waals surface area contributed by atoms with Gasteiger partial charge in [0.25, 0.3) is 0 Å². The van der Waals surface area contributed by atoms with Crippen molar-refractivity contribution in [3.8, 4) is 22.9 Å². The van der Waals surface area contributed by atoms with E-state index in [1.165, 1.54) is 13.3 Å². The Labute approximate surface area is 172 Å². The molecule has 3 aromatic rings. The molecule has 28 heavy (non-hydrogen) atoms. The lowest BCUT2D eigenvalue weighted by Gasteiger charge is -2.13. The summed E-state index contributed by atoms with van der Waals surface area (Å²) in [6.07, 6.45) is 1.29. The van der Waals surface area contributed by atoms with Crippen molar-refractivity contribution in [2.24, 2.45) is 0 Å². The lowest BCUT2D eigenvalue weighted by molar-refractivity contribution is 0.0593. The highest BCUT2D eigenvalue weighted by Crippen LogP contribution is 2.36. The maximum atomic E-state index is 11.9. The van der Waals surface area contributed by atoms with Gasteiger partial charge in [0.2, 0.25) is 5.88 Å².